The summed E-state index contributed by atoms with van der Waals surface area (Å²) in [5.41, 5.74) is 0.602. The molecule has 1 unspecified atom stereocenters. The van der Waals surface area contributed by atoms with Crippen molar-refractivity contribution >= 4 is 51.0 Å². The van der Waals surface area contributed by atoms with E-state index < -0.39 is 23.6 Å². The van der Waals surface area contributed by atoms with Crippen molar-refractivity contribution in [3.8, 4) is 0 Å². The Hall–Kier alpha value is -3.34. The van der Waals surface area contributed by atoms with E-state index in [1.54, 1.807) is 19.1 Å². The lowest BCUT2D eigenvalue weighted by Gasteiger charge is -2.14. The van der Waals surface area contributed by atoms with E-state index in [-0.39, 0.29) is 40.9 Å². The lowest BCUT2D eigenvalue weighted by Crippen LogP contribution is -2.28. The summed E-state index contributed by atoms with van der Waals surface area (Å²) in [6.07, 6.45) is -0.0388. The first kappa shape index (κ1) is 19.0. The van der Waals surface area contributed by atoms with Gasteiger partial charge in [0.15, 0.2) is 16.6 Å². The minimum atomic E-state index is -0.660. The Kier molecular flexibility index (Phi) is 4.74. The molecule has 1 aliphatic heterocycles. The van der Waals surface area contributed by atoms with Gasteiger partial charge in [0, 0.05) is 17.8 Å². The van der Waals surface area contributed by atoms with E-state index in [1.165, 1.54) is 18.1 Å². The second-order valence-electron chi connectivity index (χ2n) is 6.52. The summed E-state index contributed by atoms with van der Waals surface area (Å²) in [6, 6.07) is 4.49. The van der Waals surface area contributed by atoms with E-state index in [4.69, 9.17) is 0 Å². The van der Waals surface area contributed by atoms with Crippen LogP contribution in [0.5, 0.6) is 0 Å². The van der Waals surface area contributed by atoms with Gasteiger partial charge in [-0.2, -0.15) is 5.10 Å². The maximum absolute atomic E-state index is 14.2. The molecule has 4 rings (SSSR count). The first-order chi connectivity index (χ1) is 13.9. The Morgan fingerprint density at radius 1 is 1.41 bits per heavy atom. The number of aromatic nitrogens is 3. The first-order valence-corrected chi connectivity index (χ1v) is 9.50. The molecule has 0 saturated carbocycles. The fourth-order valence-electron chi connectivity index (χ4n) is 3.24. The Morgan fingerprint density at radius 2 is 2.21 bits per heavy atom. The van der Waals surface area contributed by atoms with Crippen LogP contribution in [-0.2, 0) is 14.3 Å². The molecule has 0 aliphatic carbocycles. The molecule has 9 nitrogen and oxygen atoms in total. The van der Waals surface area contributed by atoms with E-state index in [2.05, 4.69) is 25.2 Å². The lowest BCUT2D eigenvalue weighted by atomic mass is 10.1. The van der Waals surface area contributed by atoms with Crippen molar-refractivity contribution in [1.29, 1.82) is 0 Å². The van der Waals surface area contributed by atoms with Gasteiger partial charge in [-0.05, 0) is 19.1 Å². The number of H-pyrrole nitrogens is 1. The third-order valence-electron chi connectivity index (χ3n) is 4.68. The number of esters is 1. The van der Waals surface area contributed by atoms with Crippen LogP contribution in [0, 0.1) is 18.7 Å². The maximum Gasteiger partial charge on any atom is 0.357 e. The number of carbonyl (C=O) groups excluding carboxylic acids is 3. The fourth-order valence-corrected chi connectivity index (χ4v) is 4.04. The van der Waals surface area contributed by atoms with Gasteiger partial charge >= 0.3 is 5.97 Å². The molecule has 1 aromatic carbocycles. The normalized spacial score (nSPS) is 16.4. The van der Waals surface area contributed by atoms with Gasteiger partial charge in [-0.15, -0.1) is 11.3 Å². The number of rotatable bonds is 4. The number of thiazole rings is 1. The number of amides is 2. The molecular formula is C18H16FN5O4S. The van der Waals surface area contributed by atoms with Crippen molar-refractivity contribution < 1.29 is 23.5 Å². The van der Waals surface area contributed by atoms with E-state index in [0.29, 0.717) is 10.4 Å². The number of anilines is 2. The Morgan fingerprint density at radius 3 is 2.97 bits per heavy atom. The van der Waals surface area contributed by atoms with E-state index in [0.717, 1.165) is 11.3 Å². The van der Waals surface area contributed by atoms with Gasteiger partial charge in [-0.1, -0.05) is 6.07 Å². The predicted octanol–water partition coefficient (Wildman–Crippen LogP) is 2.25. The summed E-state index contributed by atoms with van der Waals surface area (Å²) in [7, 11) is 1.25. The summed E-state index contributed by atoms with van der Waals surface area (Å²) in [5, 5.41) is 9.85. The first-order valence-electron chi connectivity index (χ1n) is 8.68. The van der Waals surface area contributed by atoms with Crippen molar-refractivity contribution in [2.24, 2.45) is 5.92 Å². The molecule has 0 radical (unpaired) electrons. The van der Waals surface area contributed by atoms with Gasteiger partial charge in [0.1, 0.15) is 5.82 Å². The third kappa shape index (κ3) is 3.33. The smallest absolute Gasteiger partial charge is 0.357 e. The maximum atomic E-state index is 14.2. The van der Waals surface area contributed by atoms with Crippen LogP contribution >= 0.6 is 11.3 Å². The zero-order chi connectivity index (χ0) is 20.7. The number of aryl methyl sites for hydroxylation is 1. The van der Waals surface area contributed by atoms with Crippen LogP contribution in [0.1, 0.15) is 21.8 Å². The van der Waals surface area contributed by atoms with E-state index in [1.807, 2.05) is 0 Å². The molecule has 0 spiro atoms. The summed E-state index contributed by atoms with van der Waals surface area (Å²) in [4.78, 5) is 42.7. The van der Waals surface area contributed by atoms with Gasteiger partial charge in [-0.25, -0.2) is 14.2 Å². The highest BCUT2D eigenvalue weighted by atomic mass is 32.1. The van der Waals surface area contributed by atoms with Crippen molar-refractivity contribution in [3.63, 3.8) is 0 Å². The van der Waals surface area contributed by atoms with Crippen LogP contribution in [0.4, 0.5) is 15.3 Å². The van der Waals surface area contributed by atoms with Crippen LogP contribution in [0.3, 0.4) is 0 Å². The average Bonchev–Trinajstić information content (AvgIpc) is 3.38. The number of nitrogens with one attached hydrogen (secondary N) is 2. The third-order valence-corrected chi connectivity index (χ3v) is 5.56. The molecule has 1 atom stereocenters. The summed E-state index contributed by atoms with van der Waals surface area (Å²) < 4.78 is 18.9. The highest BCUT2D eigenvalue weighted by molar-refractivity contribution is 7.16. The summed E-state index contributed by atoms with van der Waals surface area (Å²) in [5.74, 6) is -2.32. The van der Waals surface area contributed by atoms with Crippen LogP contribution < -0.4 is 10.2 Å². The summed E-state index contributed by atoms with van der Waals surface area (Å²) in [6.45, 7) is 1.75. The number of aromatic amines is 1. The minimum absolute atomic E-state index is 0.0388. The molecular weight excluding hydrogens is 401 g/mol. The second kappa shape index (κ2) is 7.24. The SMILES string of the molecule is COC(=O)c1nc(NC(=O)C2CC(=O)N(c3n[nH]c4cccc(F)c34)C2)sc1C. The number of carbonyl (C=O) groups is 3. The fraction of sp³-hybridized carbons (Fsp3) is 0.278. The van der Waals surface area contributed by atoms with Crippen LogP contribution in [0.15, 0.2) is 18.2 Å². The molecule has 150 valence electrons. The van der Waals surface area contributed by atoms with Gasteiger partial charge in [-0.3, -0.25) is 19.6 Å². The number of fused-ring (bicyclic) bond motifs is 1. The quantitative estimate of drug-likeness (QED) is 0.629. The number of halogens is 1. The molecule has 3 heterocycles. The number of hydrogen-bond acceptors (Lipinski definition) is 7. The monoisotopic (exact) mass is 417 g/mol. The molecule has 0 bridgehead atoms. The van der Waals surface area contributed by atoms with Crippen LogP contribution in [0.25, 0.3) is 10.9 Å². The standard InChI is InChI=1S/C18H16FN5O4S/c1-8-14(17(27)28-2)20-18(29-8)21-16(26)9-6-12(25)24(7-9)15-13-10(19)4-3-5-11(13)22-23-15/h3-5,9H,6-7H2,1-2H3,(H,22,23)(H,20,21,26). The lowest BCUT2D eigenvalue weighted by molar-refractivity contribution is -0.122. The average molecular weight is 417 g/mol. The van der Waals surface area contributed by atoms with E-state index >= 15 is 0 Å². The van der Waals surface area contributed by atoms with Gasteiger partial charge in [0.2, 0.25) is 11.8 Å². The minimum Gasteiger partial charge on any atom is -0.464 e. The molecule has 2 amide bonds. The predicted molar refractivity (Wildman–Crippen MR) is 103 cm³/mol. The molecule has 1 aliphatic rings. The molecule has 3 aromatic rings. The largest absolute Gasteiger partial charge is 0.464 e. The van der Waals surface area contributed by atoms with Gasteiger partial charge in [0.25, 0.3) is 0 Å². The molecule has 1 fully saturated rings. The Labute approximate surface area is 167 Å². The molecule has 11 heteroatoms. The zero-order valence-corrected chi connectivity index (χ0v) is 16.3. The zero-order valence-electron chi connectivity index (χ0n) is 15.5. The van der Waals surface area contributed by atoms with Crippen LogP contribution in [-0.4, -0.2) is 46.6 Å². The van der Waals surface area contributed by atoms with Gasteiger partial charge in [0.05, 0.1) is 23.9 Å². The summed E-state index contributed by atoms with van der Waals surface area (Å²) >= 11 is 1.14. The van der Waals surface area contributed by atoms with E-state index in [9.17, 15) is 18.8 Å². The Balaban J connectivity index is 1.52. The highest BCUT2D eigenvalue weighted by Crippen LogP contribution is 2.32. The topological polar surface area (TPSA) is 117 Å². The Bertz CT molecular complexity index is 1140. The van der Waals surface area contributed by atoms with Crippen molar-refractivity contribution in [2.75, 3.05) is 23.9 Å². The number of methoxy groups -OCH3 is 1. The number of ether oxygens (including phenoxy) is 1. The highest BCUT2D eigenvalue weighted by Gasteiger charge is 2.37. The number of nitrogens with zero attached hydrogens (tertiary/aromatic N) is 3. The van der Waals surface area contributed by atoms with Crippen LogP contribution in [0.2, 0.25) is 0 Å². The second-order valence-corrected chi connectivity index (χ2v) is 7.72. The molecule has 29 heavy (non-hydrogen) atoms. The molecule has 1 saturated heterocycles. The number of benzene rings is 1. The number of hydrogen-bond donors (Lipinski definition) is 2. The van der Waals surface area contributed by atoms with Crippen molar-refractivity contribution in [2.45, 2.75) is 13.3 Å². The van der Waals surface area contributed by atoms with Crippen molar-refractivity contribution in [1.82, 2.24) is 15.2 Å². The molecule has 2 aromatic heterocycles. The van der Waals surface area contributed by atoms with Crippen molar-refractivity contribution in [3.05, 3.63) is 34.6 Å². The van der Waals surface area contributed by atoms with Gasteiger partial charge < -0.3 is 10.1 Å². The molecule has 2 N–H and O–H groups in total.